The molecule has 0 aromatic heterocycles. The number of aliphatic hydroxyl groups excluding tert-OH is 2. The zero-order chi connectivity index (χ0) is 17.1. The summed E-state index contributed by atoms with van der Waals surface area (Å²) in [5.41, 5.74) is 1.02. The summed E-state index contributed by atoms with van der Waals surface area (Å²) in [5.74, 6) is 0.799. The predicted octanol–water partition coefficient (Wildman–Crippen LogP) is 3.23. The highest BCUT2D eigenvalue weighted by atomic mass is 16.5. The van der Waals surface area contributed by atoms with Gasteiger partial charge in [0.2, 0.25) is 0 Å². The minimum Gasteiger partial charge on any atom is -0.497 e. The Bertz CT molecular complexity index is 437. The van der Waals surface area contributed by atoms with Gasteiger partial charge in [0.05, 0.1) is 32.0 Å². The molecule has 0 amide bonds. The summed E-state index contributed by atoms with van der Waals surface area (Å²) in [6.45, 7) is 7.69. The van der Waals surface area contributed by atoms with E-state index in [0.717, 1.165) is 11.3 Å². The van der Waals surface area contributed by atoms with Crippen LogP contribution in [0.5, 0.6) is 5.75 Å². The van der Waals surface area contributed by atoms with Crippen molar-refractivity contribution in [2.75, 3.05) is 7.11 Å². The highest BCUT2D eigenvalue weighted by molar-refractivity contribution is 5.26. The highest BCUT2D eigenvalue weighted by Gasteiger charge is 2.18. The van der Waals surface area contributed by atoms with E-state index in [9.17, 15) is 10.2 Å². The van der Waals surface area contributed by atoms with Crippen LogP contribution in [0.3, 0.4) is 0 Å². The largest absolute Gasteiger partial charge is 0.497 e. The molecule has 1 aromatic rings. The van der Waals surface area contributed by atoms with Gasteiger partial charge in [-0.15, -0.1) is 13.2 Å². The van der Waals surface area contributed by atoms with Crippen molar-refractivity contribution in [3.63, 3.8) is 0 Å². The molecule has 1 aromatic carbocycles. The summed E-state index contributed by atoms with van der Waals surface area (Å²) < 4.78 is 11.0. The molecule has 23 heavy (non-hydrogen) atoms. The van der Waals surface area contributed by atoms with Crippen LogP contribution >= 0.6 is 0 Å². The van der Waals surface area contributed by atoms with Crippen molar-refractivity contribution in [3.05, 3.63) is 55.1 Å². The topological polar surface area (TPSA) is 58.9 Å². The lowest BCUT2D eigenvalue weighted by Gasteiger charge is -2.23. The Hall–Kier alpha value is -1.62. The van der Waals surface area contributed by atoms with Crippen molar-refractivity contribution < 1.29 is 19.7 Å². The van der Waals surface area contributed by atoms with E-state index in [1.807, 2.05) is 24.3 Å². The fourth-order valence-corrected chi connectivity index (χ4v) is 2.35. The first-order valence-electron chi connectivity index (χ1n) is 7.91. The molecule has 0 heterocycles. The molecule has 0 aliphatic rings. The van der Waals surface area contributed by atoms with Gasteiger partial charge >= 0.3 is 0 Å². The molecule has 2 atom stereocenters. The molecule has 4 heteroatoms. The second-order valence-corrected chi connectivity index (χ2v) is 5.61. The average Bonchev–Trinajstić information content (AvgIpc) is 2.53. The number of ether oxygens (including phenoxy) is 2. The third-order valence-electron chi connectivity index (χ3n) is 3.59. The zero-order valence-electron chi connectivity index (χ0n) is 13.9. The quantitative estimate of drug-likeness (QED) is 0.581. The molecule has 128 valence electrons. The first-order valence-corrected chi connectivity index (χ1v) is 7.91. The van der Waals surface area contributed by atoms with E-state index in [-0.39, 0.29) is 6.10 Å². The molecular weight excluding hydrogens is 292 g/mol. The van der Waals surface area contributed by atoms with Crippen LogP contribution in [0.2, 0.25) is 0 Å². The van der Waals surface area contributed by atoms with Gasteiger partial charge in [0.15, 0.2) is 0 Å². The molecule has 0 saturated heterocycles. The maximum atomic E-state index is 9.96. The van der Waals surface area contributed by atoms with Crippen molar-refractivity contribution in [1.29, 1.82) is 0 Å². The van der Waals surface area contributed by atoms with Crippen molar-refractivity contribution in [3.8, 4) is 5.75 Å². The van der Waals surface area contributed by atoms with Crippen LogP contribution < -0.4 is 4.74 Å². The Morgan fingerprint density at radius 1 is 1.00 bits per heavy atom. The third kappa shape index (κ3) is 7.98. The van der Waals surface area contributed by atoms with Crippen molar-refractivity contribution in [2.24, 2.45) is 0 Å². The third-order valence-corrected chi connectivity index (χ3v) is 3.59. The molecule has 0 aliphatic carbocycles. The highest BCUT2D eigenvalue weighted by Crippen LogP contribution is 2.18. The second kappa shape index (κ2) is 11.0. The summed E-state index contributed by atoms with van der Waals surface area (Å²) in [7, 11) is 1.63. The lowest BCUT2D eigenvalue weighted by molar-refractivity contribution is -0.0222. The van der Waals surface area contributed by atoms with Gasteiger partial charge in [-0.2, -0.15) is 0 Å². The van der Waals surface area contributed by atoms with Gasteiger partial charge < -0.3 is 19.7 Å². The first kappa shape index (κ1) is 19.4. The van der Waals surface area contributed by atoms with Crippen molar-refractivity contribution in [1.82, 2.24) is 0 Å². The molecule has 0 aliphatic heterocycles. The smallest absolute Gasteiger partial charge is 0.118 e. The molecule has 4 nitrogen and oxygen atoms in total. The second-order valence-electron chi connectivity index (χ2n) is 5.61. The van der Waals surface area contributed by atoms with Crippen LogP contribution in [0, 0.1) is 0 Å². The SMILES string of the molecule is C=CC[C@H](O)CC(C[C@@H](O)CC=C)OCc1ccc(OC)cc1. The Morgan fingerprint density at radius 3 is 1.96 bits per heavy atom. The van der Waals surface area contributed by atoms with Gasteiger partial charge in [-0.1, -0.05) is 24.3 Å². The molecule has 0 bridgehead atoms. The maximum absolute atomic E-state index is 9.96. The molecule has 0 unspecified atom stereocenters. The number of aliphatic hydroxyl groups is 2. The molecule has 0 radical (unpaired) electrons. The lowest BCUT2D eigenvalue weighted by Crippen LogP contribution is -2.25. The van der Waals surface area contributed by atoms with E-state index in [2.05, 4.69) is 13.2 Å². The average molecular weight is 320 g/mol. The molecule has 0 fully saturated rings. The Morgan fingerprint density at radius 2 is 1.52 bits per heavy atom. The van der Waals surface area contributed by atoms with Crippen LogP contribution in [0.4, 0.5) is 0 Å². The van der Waals surface area contributed by atoms with Crippen LogP contribution in [0.25, 0.3) is 0 Å². The summed E-state index contributed by atoms with van der Waals surface area (Å²) in [6.07, 6.45) is 4.10. The minimum atomic E-state index is -0.510. The first-order chi connectivity index (χ1) is 11.1. The predicted molar refractivity (Wildman–Crippen MR) is 92.4 cm³/mol. The van der Waals surface area contributed by atoms with Crippen molar-refractivity contribution >= 4 is 0 Å². The van der Waals surface area contributed by atoms with Crippen LogP contribution in [-0.4, -0.2) is 35.6 Å². The minimum absolute atomic E-state index is 0.220. The molecule has 0 saturated carbocycles. The summed E-state index contributed by atoms with van der Waals surface area (Å²) >= 11 is 0. The van der Waals surface area contributed by atoms with Crippen LogP contribution in [-0.2, 0) is 11.3 Å². The van der Waals surface area contributed by atoms with E-state index >= 15 is 0 Å². The van der Waals surface area contributed by atoms with E-state index in [4.69, 9.17) is 9.47 Å². The lowest BCUT2D eigenvalue weighted by atomic mass is 10.0. The van der Waals surface area contributed by atoms with Gasteiger partial charge in [-0.25, -0.2) is 0 Å². The Labute approximate surface area is 139 Å². The van der Waals surface area contributed by atoms with E-state index in [1.54, 1.807) is 19.3 Å². The summed E-state index contributed by atoms with van der Waals surface area (Å²) in [5, 5.41) is 19.9. The standard InChI is InChI=1S/C19H28O4/c1-4-6-16(20)12-19(13-17(21)7-5-2)23-14-15-8-10-18(22-3)11-9-15/h4-5,8-11,16-17,19-21H,1-2,6-7,12-14H2,3H3/t16-,17-/m0/s1. The number of hydrogen-bond donors (Lipinski definition) is 2. The Balaban J connectivity index is 2.58. The molecule has 1 rings (SSSR count). The van der Waals surface area contributed by atoms with Crippen LogP contribution in [0.15, 0.2) is 49.6 Å². The Kier molecular flexibility index (Phi) is 9.29. The number of methoxy groups -OCH3 is 1. The molecular formula is C19H28O4. The van der Waals surface area contributed by atoms with E-state index < -0.39 is 12.2 Å². The maximum Gasteiger partial charge on any atom is 0.118 e. The number of rotatable bonds is 12. The summed E-state index contributed by atoms with van der Waals surface area (Å²) in [6, 6.07) is 7.64. The van der Waals surface area contributed by atoms with Gasteiger partial charge in [-0.05, 0) is 43.4 Å². The van der Waals surface area contributed by atoms with E-state index in [1.165, 1.54) is 0 Å². The number of hydrogen-bond acceptors (Lipinski definition) is 4. The van der Waals surface area contributed by atoms with Crippen molar-refractivity contribution in [2.45, 2.75) is 50.6 Å². The molecule has 2 N–H and O–H groups in total. The zero-order valence-corrected chi connectivity index (χ0v) is 13.9. The molecule has 0 spiro atoms. The normalized spacial score (nSPS) is 13.6. The number of benzene rings is 1. The fraction of sp³-hybridized carbons (Fsp3) is 0.474. The summed E-state index contributed by atoms with van der Waals surface area (Å²) in [4.78, 5) is 0. The monoisotopic (exact) mass is 320 g/mol. The van der Waals surface area contributed by atoms with E-state index in [0.29, 0.717) is 32.3 Å². The fourth-order valence-electron chi connectivity index (χ4n) is 2.35. The van der Waals surface area contributed by atoms with Gasteiger partial charge in [0.1, 0.15) is 5.75 Å². The van der Waals surface area contributed by atoms with Gasteiger partial charge in [-0.3, -0.25) is 0 Å². The van der Waals surface area contributed by atoms with Gasteiger partial charge in [0, 0.05) is 0 Å². The van der Waals surface area contributed by atoms with Crippen LogP contribution in [0.1, 0.15) is 31.2 Å². The van der Waals surface area contributed by atoms with Gasteiger partial charge in [0.25, 0.3) is 0 Å².